The maximum absolute atomic E-state index is 12.8. The minimum Gasteiger partial charge on any atom is -0.480 e. The van der Waals surface area contributed by atoms with Gasteiger partial charge >= 0.3 is 0 Å². The second-order valence-corrected chi connectivity index (χ2v) is 9.71. The minimum atomic E-state index is -3.85. The van der Waals surface area contributed by atoms with E-state index in [4.69, 9.17) is 21.0 Å². The maximum atomic E-state index is 12.8. The number of amides is 1. The number of rotatable bonds is 9. The third-order valence-corrected chi connectivity index (χ3v) is 6.17. The van der Waals surface area contributed by atoms with Gasteiger partial charge in [0.15, 0.2) is 6.10 Å². The van der Waals surface area contributed by atoms with Gasteiger partial charge in [-0.15, -0.1) is 0 Å². The molecule has 0 spiro atoms. The Bertz CT molecular complexity index is 1290. The van der Waals surface area contributed by atoms with E-state index in [1.807, 2.05) is 26.0 Å². The first-order valence-electron chi connectivity index (χ1n) is 10.7. The highest BCUT2D eigenvalue weighted by Gasteiger charge is 2.24. The van der Waals surface area contributed by atoms with E-state index < -0.39 is 16.1 Å². The Labute approximate surface area is 199 Å². The Morgan fingerprint density at radius 2 is 1.71 bits per heavy atom. The van der Waals surface area contributed by atoms with Crippen LogP contribution >= 0.6 is 0 Å². The van der Waals surface area contributed by atoms with E-state index in [0.29, 0.717) is 22.4 Å². The second-order valence-electron chi connectivity index (χ2n) is 8.18. The third kappa shape index (κ3) is 6.21. The van der Waals surface area contributed by atoms with Gasteiger partial charge in [0, 0.05) is 17.7 Å². The minimum absolute atomic E-state index is 0.0572. The average molecular weight is 481 g/mol. The number of sulfonamides is 1. The molecule has 0 heterocycles. The van der Waals surface area contributed by atoms with Crippen LogP contribution in [0.25, 0.3) is 11.1 Å². The number of amidine groups is 1. The molecule has 34 heavy (non-hydrogen) atoms. The Morgan fingerprint density at radius 1 is 1.03 bits per heavy atom. The molecule has 0 fully saturated rings. The van der Waals surface area contributed by atoms with Crippen LogP contribution in [0.2, 0.25) is 0 Å². The van der Waals surface area contributed by atoms with Crippen molar-refractivity contribution in [2.45, 2.75) is 31.4 Å². The van der Waals surface area contributed by atoms with Gasteiger partial charge in [0.2, 0.25) is 10.0 Å². The van der Waals surface area contributed by atoms with Gasteiger partial charge < -0.3 is 15.8 Å². The number of benzene rings is 3. The van der Waals surface area contributed by atoms with Crippen molar-refractivity contribution in [2.24, 2.45) is 16.8 Å². The fraction of sp³-hybridized carbons (Fsp3) is 0.200. The van der Waals surface area contributed by atoms with E-state index in [0.717, 1.165) is 5.56 Å². The number of nitrogens with one attached hydrogen (secondary N) is 2. The SMILES string of the molecule is CC(C)C(Oc1cccc(C(=N)N)c1)C(=O)NCc1ccc(-c2ccccc2S(N)(=O)=O)cc1. The molecule has 6 N–H and O–H groups in total. The Morgan fingerprint density at radius 3 is 2.32 bits per heavy atom. The molecule has 3 aromatic carbocycles. The normalized spacial score (nSPS) is 12.2. The van der Waals surface area contributed by atoms with E-state index in [9.17, 15) is 13.2 Å². The molecule has 1 atom stereocenters. The van der Waals surface area contributed by atoms with Gasteiger partial charge in [-0.1, -0.05) is 68.4 Å². The highest BCUT2D eigenvalue weighted by molar-refractivity contribution is 7.89. The molecule has 0 aliphatic carbocycles. The molecule has 0 radical (unpaired) electrons. The van der Waals surface area contributed by atoms with Gasteiger partial charge in [0.05, 0.1) is 4.90 Å². The van der Waals surface area contributed by atoms with Crippen LogP contribution < -0.4 is 20.9 Å². The summed E-state index contributed by atoms with van der Waals surface area (Å²) in [5.74, 6) is 0.00973. The zero-order chi connectivity index (χ0) is 24.9. The van der Waals surface area contributed by atoms with Crippen LogP contribution in [0.1, 0.15) is 25.0 Å². The molecule has 3 rings (SSSR count). The largest absolute Gasteiger partial charge is 0.480 e. The molecular formula is C25H28N4O4S. The molecule has 0 aromatic heterocycles. The molecule has 8 nitrogen and oxygen atoms in total. The van der Waals surface area contributed by atoms with E-state index in [1.165, 1.54) is 6.07 Å². The molecule has 1 unspecified atom stereocenters. The van der Waals surface area contributed by atoms with Crippen molar-refractivity contribution >= 4 is 21.8 Å². The van der Waals surface area contributed by atoms with E-state index in [-0.39, 0.29) is 29.1 Å². The lowest BCUT2D eigenvalue weighted by Gasteiger charge is -2.22. The Hall–Kier alpha value is -3.69. The first-order valence-corrected chi connectivity index (χ1v) is 12.2. The fourth-order valence-electron chi connectivity index (χ4n) is 3.42. The van der Waals surface area contributed by atoms with Crippen molar-refractivity contribution in [2.75, 3.05) is 0 Å². The van der Waals surface area contributed by atoms with Crippen LogP contribution in [0.5, 0.6) is 5.75 Å². The second kappa shape index (κ2) is 10.5. The quantitative estimate of drug-likeness (QED) is 0.274. The number of hydrogen-bond donors (Lipinski definition) is 4. The topological polar surface area (TPSA) is 148 Å². The first-order chi connectivity index (χ1) is 16.1. The van der Waals surface area contributed by atoms with Crippen LogP contribution in [0.15, 0.2) is 77.7 Å². The van der Waals surface area contributed by atoms with Crippen molar-refractivity contribution in [3.8, 4) is 16.9 Å². The zero-order valence-corrected chi connectivity index (χ0v) is 19.8. The lowest BCUT2D eigenvalue weighted by molar-refractivity contribution is -0.130. The Kier molecular flexibility index (Phi) is 7.70. The van der Waals surface area contributed by atoms with Gasteiger partial charge in [-0.3, -0.25) is 10.2 Å². The summed E-state index contributed by atoms with van der Waals surface area (Å²) in [5.41, 5.74) is 8.11. The molecule has 178 valence electrons. The number of hydrogen-bond acceptors (Lipinski definition) is 5. The number of carbonyl (C=O) groups excluding carboxylic acids is 1. The molecule has 0 saturated heterocycles. The highest BCUT2D eigenvalue weighted by atomic mass is 32.2. The van der Waals surface area contributed by atoms with Crippen molar-refractivity contribution < 1.29 is 17.9 Å². The predicted octanol–water partition coefficient (Wildman–Crippen LogP) is 3.00. The number of nitrogen functional groups attached to an aromatic ring is 1. The summed E-state index contributed by atoms with van der Waals surface area (Å²) in [6.45, 7) is 4.05. The van der Waals surface area contributed by atoms with Crippen molar-refractivity contribution in [1.29, 1.82) is 5.41 Å². The van der Waals surface area contributed by atoms with Gasteiger partial charge in [0.25, 0.3) is 5.91 Å². The van der Waals surface area contributed by atoms with Gasteiger partial charge in [-0.25, -0.2) is 13.6 Å². The van der Waals surface area contributed by atoms with Crippen LogP contribution in [-0.2, 0) is 21.4 Å². The molecule has 0 aliphatic rings. The van der Waals surface area contributed by atoms with Crippen LogP contribution in [-0.4, -0.2) is 26.3 Å². The van der Waals surface area contributed by atoms with Crippen LogP contribution in [0.4, 0.5) is 0 Å². The van der Waals surface area contributed by atoms with Gasteiger partial charge in [-0.2, -0.15) is 0 Å². The summed E-state index contributed by atoms with van der Waals surface area (Å²) in [5, 5.41) is 15.8. The van der Waals surface area contributed by atoms with E-state index in [2.05, 4.69) is 5.32 Å². The predicted molar refractivity (Wildman–Crippen MR) is 132 cm³/mol. The summed E-state index contributed by atoms with van der Waals surface area (Å²) in [7, 11) is -3.85. The lowest BCUT2D eigenvalue weighted by Crippen LogP contribution is -2.41. The summed E-state index contributed by atoms with van der Waals surface area (Å²) < 4.78 is 29.7. The monoisotopic (exact) mass is 480 g/mol. The standard InChI is InChI=1S/C25H28N4O4S/c1-16(2)23(33-20-7-5-6-19(14-20)24(26)27)25(30)29-15-17-10-12-18(13-11-17)21-8-3-4-9-22(21)34(28,31)32/h3-14,16,23H,15H2,1-2H3,(H3,26,27)(H,29,30)(H2,28,31,32). The Balaban J connectivity index is 1.69. The smallest absolute Gasteiger partial charge is 0.261 e. The molecule has 1 amide bonds. The number of nitrogens with two attached hydrogens (primary N) is 2. The first kappa shape index (κ1) is 24.9. The van der Waals surface area contributed by atoms with E-state index in [1.54, 1.807) is 54.6 Å². The molecular weight excluding hydrogens is 452 g/mol. The average Bonchev–Trinajstić information content (AvgIpc) is 2.81. The van der Waals surface area contributed by atoms with Crippen LogP contribution in [0.3, 0.4) is 0 Å². The van der Waals surface area contributed by atoms with Crippen LogP contribution in [0, 0.1) is 11.3 Å². The molecule has 0 saturated carbocycles. The summed E-state index contributed by atoms with van der Waals surface area (Å²) in [4.78, 5) is 12.9. The fourth-order valence-corrected chi connectivity index (χ4v) is 4.18. The summed E-state index contributed by atoms with van der Waals surface area (Å²) in [6.07, 6.45) is -0.733. The summed E-state index contributed by atoms with van der Waals surface area (Å²) >= 11 is 0. The number of primary sulfonamides is 1. The maximum Gasteiger partial charge on any atom is 0.261 e. The zero-order valence-electron chi connectivity index (χ0n) is 19.0. The molecule has 0 aliphatic heterocycles. The van der Waals surface area contributed by atoms with Crippen molar-refractivity contribution in [3.05, 3.63) is 83.9 Å². The lowest BCUT2D eigenvalue weighted by atomic mass is 10.0. The van der Waals surface area contributed by atoms with Crippen molar-refractivity contribution in [3.63, 3.8) is 0 Å². The van der Waals surface area contributed by atoms with Crippen molar-refractivity contribution in [1.82, 2.24) is 5.32 Å². The number of carbonyl (C=O) groups is 1. The highest BCUT2D eigenvalue weighted by Crippen LogP contribution is 2.26. The van der Waals surface area contributed by atoms with Gasteiger partial charge in [0.1, 0.15) is 11.6 Å². The number of ether oxygens (including phenoxy) is 1. The van der Waals surface area contributed by atoms with Gasteiger partial charge in [-0.05, 0) is 35.2 Å². The molecule has 3 aromatic rings. The summed E-state index contributed by atoms with van der Waals surface area (Å²) in [6, 6.07) is 20.5. The molecule has 0 bridgehead atoms. The third-order valence-electron chi connectivity index (χ3n) is 5.20. The van der Waals surface area contributed by atoms with E-state index >= 15 is 0 Å². The molecule has 9 heteroatoms.